The van der Waals surface area contributed by atoms with Gasteiger partial charge in [-0.15, -0.1) is 10.2 Å². The van der Waals surface area contributed by atoms with Crippen molar-refractivity contribution in [3.8, 4) is 0 Å². The van der Waals surface area contributed by atoms with Gasteiger partial charge in [0.2, 0.25) is 11.6 Å². The second-order valence-corrected chi connectivity index (χ2v) is 7.06. The van der Waals surface area contributed by atoms with Gasteiger partial charge in [-0.3, -0.25) is 4.79 Å². The van der Waals surface area contributed by atoms with E-state index in [1.807, 2.05) is 37.6 Å². The Morgan fingerprint density at radius 3 is 2.78 bits per heavy atom. The number of nitrogens with one attached hydrogen (secondary N) is 1. The molecule has 1 saturated heterocycles. The van der Waals surface area contributed by atoms with Crippen molar-refractivity contribution in [1.29, 1.82) is 0 Å². The number of aryl methyl sites for hydroxylation is 2. The molecule has 0 radical (unpaired) electrons. The van der Waals surface area contributed by atoms with Gasteiger partial charge in [0, 0.05) is 31.7 Å². The van der Waals surface area contributed by atoms with Gasteiger partial charge in [0.05, 0.1) is 6.04 Å². The van der Waals surface area contributed by atoms with Crippen LogP contribution >= 0.6 is 0 Å². The third-order valence-electron chi connectivity index (χ3n) is 5.01. The largest absolute Gasteiger partial charge is 0.422 e. The minimum atomic E-state index is -0.172. The Labute approximate surface area is 156 Å². The summed E-state index contributed by atoms with van der Waals surface area (Å²) in [6, 6.07) is 4.21. The lowest BCUT2D eigenvalue weighted by molar-refractivity contribution is -0.126. The molecule has 1 aliphatic heterocycles. The SMILES string of the molecule is Cc1ccc2oc(N3CCC(C(=O)NC(C)c4nncn4C)CC3)nc2n1. The zero-order valence-corrected chi connectivity index (χ0v) is 15.7. The molecule has 3 aromatic heterocycles. The van der Waals surface area contributed by atoms with Crippen molar-refractivity contribution in [1.82, 2.24) is 30.0 Å². The number of aromatic nitrogens is 5. The number of hydrogen-bond donors (Lipinski definition) is 1. The Balaban J connectivity index is 1.36. The highest BCUT2D eigenvalue weighted by atomic mass is 16.4. The summed E-state index contributed by atoms with van der Waals surface area (Å²) in [4.78, 5) is 23.6. The quantitative estimate of drug-likeness (QED) is 0.747. The number of piperidine rings is 1. The fourth-order valence-corrected chi connectivity index (χ4v) is 3.45. The van der Waals surface area contributed by atoms with Crippen molar-refractivity contribution in [3.63, 3.8) is 0 Å². The standard InChI is InChI=1S/C18H23N7O2/c1-11-4-5-14-15(20-11)22-18(27-14)25-8-6-13(7-9-25)17(26)21-12(2)16-23-19-10-24(16)3/h4-5,10,12-13H,6-9H2,1-3H3,(H,21,26). The van der Waals surface area contributed by atoms with Crippen LogP contribution < -0.4 is 10.2 Å². The van der Waals surface area contributed by atoms with E-state index >= 15 is 0 Å². The van der Waals surface area contributed by atoms with Crippen molar-refractivity contribution >= 4 is 23.2 Å². The first kappa shape index (κ1) is 17.4. The van der Waals surface area contributed by atoms with E-state index < -0.39 is 0 Å². The second-order valence-electron chi connectivity index (χ2n) is 7.06. The molecule has 1 aliphatic rings. The van der Waals surface area contributed by atoms with E-state index in [2.05, 4.69) is 30.4 Å². The molecular weight excluding hydrogens is 346 g/mol. The van der Waals surface area contributed by atoms with Crippen LogP contribution in [0.2, 0.25) is 0 Å². The van der Waals surface area contributed by atoms with Crippen molar-refractivity contribution in [3.05, 3.63) is 30.0 Å². The maximum absolute atomic E-state index is 12.6. The highest BCUT2D eigenvalue weighted by molar-refractivity contribution is 5.79. The average Bonchev–Trinajstić information content (AvgIpc) is 3.27. The molecule has 9 nitrogen and oxygen atoms in total. The molecule has 1 amide bonds. The number of oxazole rings is 1. The van der Waals surface area contributed by atoms with Gasteiger partial charge >= 0.3 is 0 Å². The average molecular weight is 369 g/mol. The number of anilines is 1. The number of pyridine rings is 1. The van der Waals surface area contributed by atoms with Gasteiger partial charge in [0.1, 0.15) is 6.33 Å². The maximum Gasteiger partial charge on any atom is 0.299 e. The van der Waals surface area contributed by atoms with Gasteiger partial charge in [-0.25, -0.2) is 4.98 Å². The second kappa shape index (κ2) is 6.98. The molecule has 1 unspecified atom stereocenters. The van der Waals surface area contributed by atoms with Crippen LogP contribution in [0.5, 0.6) is 0 Å². The number of carbonyl (C=O) groups is 1. The number of rotatable bonds is 4. The molecule has 1 atom stereocenters. The Bertz CT molecular complexity index is 956. The van der Waals surface area contributed by atoms with E-state index in [4.69, 9.17) is 4.42 Å². The summed E-state index contributed by atoms with van der Waals surface area (Å²) < 4.78 is 7.63. The number of amides is 1. The number of hydrogen-bond acceptors (Lipinski definition) is 7. The van der Waals surface area contributed by atoms with Crippen molar-refractivity contribution in [2.24, 2.45) is 13.0 Å². The zero-order valence-electron chi connectivity index (χ0n) is 15.7. The highest BCUT2D eigenvalue weighted by Crippen LogP contribution is 2.26. The van der Waals surface area contributed by atoms with E-state index in [1.165, 1.54) is 0 Å². The Morgan fingerprint density at radius 2 is 2.07 bits per heavy atom. The zero-order chi connectivity index (χ0) is 19.0. The van der Waals surface area contributed by atoms with Crippen molar-refractivity contribution < 1.29 is 9.21 Å². The molecule has 9 heteroatoms. The number of nitrogens with zero attached hydrogens (tertiary/aromatic N) is 6. The minimum absolute atomic E-state index is 0.0262. The van der Waals surface area contributed by atoms with Crippen molar-refractivity contribution in [2.75, 3.05) is 18.0 Å². The third-order valence-corrected chi connectivity index (χ3v) is 5.01. The van der Waals surface area contributed by atoms with E-state index in [1.54, 1.807) is 6.33 Å². The van der Waals surface area contributed by atoms with Gasteiger partial charge in [-0.2, -0.15) is 4.98 Å². The lowest BCUT2D eigenvalue weighted by atomic mass is 9.96. The molecule has 4 rings (SSSR count). The summed E-state index contributed by atoms with van der Waals surface area (Å²) in [6.45, 7) is 5.30. The summed E-state index contributed by atoms with van der Waals surface area (Å²) in [5.74, 6) is 0.775. The highest BCUT2D eigenvalue weighted by Gasteiger charge is 2.28. The molecule has 0 saturated carbocycles. The fraction of sp³-hybridized carbons (Fsp3) is 0.500. The van der Waals surface area contributed by atoms with Crippen LogP contribution in [0.15, 0.2) is 22.9 Å². The predicted molar refractivity (Wildman–Crippen MR) is 99.0 cm³/mol. The maximum atomic E-state index is 12.6. The van der Waals surface area contributed by atoms with E-state index in [-0.39, 0.29) is 17.9 Å². The van der Waals surface area contributed by atoms with E-state index in [0.29, 0.717) is 17.2 Å². The lowest BCUT2D eigenvalue weighted by Crippen LogP contribution is -2.41. The first-order valence-electron chi connectivity index (χ1n) is 9.14. The monoisotopic (exact) mass is 369 g/mol. The van der Waals surface area contributed by atoms with Crippen LogP contribution in [0.1, 0.15) is 37.3 Å². The first-order valence-corrected chi connectivity index (χ1v) is 9.14. The molecular formula is C18H23N7O2. The van der Waals surface area contributed by atoms with Crippen LogP contribution in [0.3, 0.4) is 0 Å². The van der Waals surface area contributed by atoms with Gasteiger partial charge in [-0.05, 0) is 38.8 Å². The van der Waals surface area contributed by atoms with Crippen molar-refractivity contribution in [2.45, 2.75) is 32.7 Å². The normalized spacial score (nSPS) is 16.6. The molecule has 27 heavy (non-hydrogen) atoms. The minimum Gasteiger partial charge on any atom is -0.422 e. The van der Waals surface area contributed by atoms with Gasteiger partial charge in [0.25, 0.3) is 6.01 Å². The Kier molecular flexibility index (Phi) is 4.51. The molecule has 142 valence electrons. The molecule has 0 spiro atoms. The summed E-state index contributed by atoms with van der Waals surface area (Å²) >= 11 is 0. The molecule has 0 aliphatic carbocycles. The predicted octanol–water partition coefficient (Wildman–Crippen LogP) is 1.75. The molecule has 4 heterocycles. The van der Waals surface area contributed by atoms with Crippen LogP contribution in [0, 0.1) is 12.8 Å². The van der Waals surface area contributed by atoms with Gasteiger partial charge < -0.3 is 19.2 Å². The smallest absolute Gasteiger partial charge is 0.299 e. The van der Waals surface area contributed by atoms with E-state index in [0.717, 1.165) is 37.4 Å². The first-order chi connectivity index (χ1) is 13.0. The van der Waals surface area contributed by atoms with Crippen LogP contribution in [0.4, 0.5) is 6.01 Å². The van der Waals surface area contributed by atoms with Crippen LogP contribution in [-0.4, -0.2) is 43.7 Å². The fourth-order valence-electron chi connectivity index (χ4n) is 3.45. The number of fused-ring (bicyclic) bond motifs is 1. The van der Waals surface area contributed by atoms with Crippen LogP contribution in [-0.2, 0) is 11.8 Å². The topological polar surface area (TPSA) is 102 Å². The summed E-state index contributed by atoms with van der Waals surface area (Å²) in [5.41, 5.74) is 2.23. The van der Waals surface area contributed by atoms with Gasteiger partial charge in [0.15, 0.2) is 11.4 Å². The summed E-state index contributed by atoms with van der Waals surface area (Å²) in [5, 5.41) is 11.0. The summed E-state index contributed by atoms with van der Waals surface area (Å²) in [7, 11) is 1.87. The molecule has 0 aromatic carbocycles. The summed E-state index contributed by atoms with van der Waals surface area (Å²) in [6.07, 6.45) is 3.14. The molecule has 3 aromatic rings. The number of carbonyl (C=O) groups excluding carboxylic acids is 1. The molecule has 1 N–H and O–H groups in total. The molecule has 0 bridgehead atoms. The molecule has 1 fully saturated rings. The third kappa shape index (κ3) is 3.49. The Morgan fingerprint density at radius 1 is 1.30 bits per heavy atom. The van der Waals surface area contributed by atoms with E-state index in [9.17, 15) is 4.79 Å². The lowest BCUT2D eigenvalue weighted by Gasteiger charge is -2.30. The van der Waals surface area contributed by atoms with Gasteiger partial charge in [-0.1, -0.05) is 0 Å². The Hall–Kier alpha value is -2.97. The van der Waals surface area contributed by atoms with Crippen LogP contribution in [0.25, 0.3) is 11.2 Å².